The number of carboxylic acid groups (broad SMARTS) is 2. The zero-order valence-electron chi connectivity index (χ0n) is 27.2. The van der Waals surface area contributed by atoms with E-state index in [1.165, 1.54) is 14.2 Å². The van der Waals surface area contributed by atoms with Crippen LogP contribution in [0.5, 0.6) is 0 Å². The van der Waals surface area contributed by atoms with Crippen molar-refractivity contribution in [2.24, 2.45) is 53.3 Å². The zero-order valence-corrected chi connectivity index (χ0v) is 28.7. The van der Waals surface area contributed by atoms with Crippen LogP contribution in [0.2, 0.25) is 0 Å². The molecule has 5 N–H and O–H groups in total. The largest absolute Gasteiger partial charge is 0.481 e. The first-order chi connectivity index (χ1) is 22.4. The van der Waals surface area contributed by atoms with Crippen LogP contribution in [0.15, 0.2) is 0 Å². The van der Waals surface area contributed by atoms with Crippen LogP contribution in [0.4, 0.5) is 0 Å². The van der Waals surface area contributed by atoms with E-state index in [1.54, 1.807) is 0 Å². The number of amides is 1. The number of rotatable bonds is 11. The van der Waals surface area contributed by atoms with E-state index in [4.69, 9.17) is 32.7 Å². The van der Waals surface area contributed by atoms with Gasteiger partial charge in [-0.15, -0.1) is 23.2 Å². The lowest BCUT2D eigenvalue weighted by Crippen LogP contribution is -2.52. The molecule has 4 aliphatic carbocycles. The highest BCUT2D eigenvalue weighted by atomic mass is 35.5. The highest BCUT2D eigenvalue weighted by Gasteiger charge is 2.47. The van der Waals surface area contributed by atoms with Crippen LogP contribution in [-0.4, -0.2) is 82.3 Å². The number of carbonyl (C=O) groups excluding carboxylic acids is 3. The number of hydrogen-bond donors (Lipinski definition) is 5. The van der Waals surface area contributed by atoms with Gasteiger partial charge in [0.15, 0.2) is 0 Å². The maximum absolute atomic E-state index is 13.3. The summed E-state index contributed by atoms with van der Waals surface area (Å²) in [5, 5.41) is 32.3. The highest BCUT2D eigenvalue weighted by molar-refractivity contribution is 6.21. The van der Waals surface area contributed by atoms with Gasteiger partial charge in [-0.05, 0) is 101 Å². The molecule has 0 aromatic carbocycles. The van der Waals surface area contributed by atoms with Gasteiger partial charge in [0, 0.05) is 17.5 Å². The minimum Gasteiger partial charge on any atom is -0.481 e. The van der Waals surface area contributed by atoms with Gasteiger partial charge in [-0.25, -0.2) is 5.48 Å². The third kappa shape index (κ3) is 9.10. The van der Waals surface area contributed by atoms with Crippen LogP contribution in [0, 0.1) is 53.3 Å². The van der Waals surface area contributed by atoms with Crippen LogP contribution in [0.25, 0.3) is 0 Å². The van der Waals surface area contributed by atoms with Gasteiger partial charge in [-0.2, -0.15) is 0 Å². The molecule has 12 nitrogen and oxygen atoms in total. The molecule has 266 valence electrons. The number of halogens is 2. The summed E-state index contributed by atoms with van der Waals surface area (Å²) in [4.78, 5) is 61.7. The Hall–Kier alpha value is -2.15. The Morgan fingerprint density at radius 1 is 0.681 bits per heavy atom. The average molecular weight is 706 g/mol. The van der Waals surface area contributed by atoms with Crippen LogP contribution in [0.1, 0.15) is 83.5 Å². The molecule has 0 spiro atoms. The molecule has 0 radical (unpaired) electrons. The van der Waals surface area contributed by atoms with E-state index in [-0.39, 0.29) is 47.4 Å². The zero-order chi connectivity index (χ0) is 34.4. The molecule has 4 fully saturated rings. The molecule has 14 heteroatoms. The van der Waals surface area contributed by atoms with Gasteiger partial charge in [0.1, 0.15) is 0 Å². The summed E-state index contributed by atoms with van der Waals surface area (Å²) in [6.07, 6.45) is 7.19. The second kappa shape index (κ2) is 17.0. The lowest BCUT2D eigenvalue weighted by Gasteiger charge is -2.44. The van der Waals surface area contributed by atoms with Crippen LogP contribution < -0.4 is 10.8 Å². The van der Waals surface area contributed by atoms with Gasteiger partial charge in [0.25, 0.3) is 0 Å². The van der Waals surface area contributed by atoms with E-state index >= 15 is 0 Å². The molecule has 4 rings (SSSR count). The molecule has 0 aromatic heterocycles. The number of alkyl halides is 2. The lowest BCUT2D eigenvalue weighted by molar-refractivity contribution is -0.155. The van der Waals surface area contributed by atoms with E-state index in [0.717, 1.165) is 19.3 Å². The van der Waals surface area contributed by atoms with Gasteiger partial charge in [0.2, 0.25) is 5.91 Å². The summed E-state index contributed by atoms with van der Waals surface area (Å²) >= 11 is 13.8. The molecule has 47 heavy (non-hydrogen) atoms. The van der Waals surface area contributed by atoms with Crippen molar-refractivity contribution in [3.63, 3.8) is 0 Å². The van der Waals surface area contributed by atoms with Gasteiger partial charge < -0.3 is 30.2 Å². The van der Waals surface area contributed by atoms with Crippen molar-refractivity contribution in [1.82, 2.24) is 10.8 Å². The minimum absolute atomic E-state index is 0.135. The Morgan fingerprint density at radius 2 is 1.23 bits per heavy atom. The van der Waals surface area contributed by atoms with Crippen molar-refractivity contribution in [3.8, 4) is 0 Å². The Morgan fingerprint density at radius 3 is 1.77 bits per heavy atom. The first-order valence-corrected chi connectivity index (χ1v) is 17.8. The van der Waals surface area contributed by atoms with E-state index in [2.05, 4.69) is 10.8 Å². The van der Waals surface area contributed by atoms with Gasteiger partial charge >= 0.3 is 23.9 Å². The first kappa shape index (κ1) is 37.7. The number of esters is 2. The molecular weight excluding hydrogens is 655 g/mol. The highest BCUT2D eigenvalue weighted by Crippen LogP contribution is 2.46. The summed E-state index contributed by atoms with van der Waals surface area (Å²) < 4.78 is 9.77. The maximum atomic E-state index is 13.3. The summed E-state index contributed by atoms with van der Waals surface area (Å²) in [6.45, 7) is 0. The molecule has 13 atom stereocenters. The molecule has 0 heterocycles. The van der Waals surface area contributed by atoms with Crippen molar-refractivity contribution in [3.05, 3.63) is 0 Å². The topological polar surface area (TPSA) is 189 Å². The average Bonchev–Trinajstić information content (AvgIpc) is 3.05. The fourth-order valence-corrected chi connectivity index (χ4v) is 10.1. The fraction of sp³-hybridized carbons (Fsp3) is 0.848. The first-order valence-electron chi connectivity index (χ1n) is 17.0. The molecule has 13 unspecified atom stereocenters. The molecule has 0 bridgehead atoms. The molecule has 0 aliphatic heterocycles. The predicted molar refractivity (Wildman–Crippen MR) is 171 cm³/mol. The molecule has 0 saturated heterocycles. The molecule has 0 aromatic rings. The number of carbonyl (C=O) groups is 5. The van der Waals surface area contributed by atoms with E-state index in [1.807, 2.05) is 0 Å². The molecule has 4 saturated carbocycles. The molecule has 1 amide bonds. The number of hydroxylamine groups is 1. The number of methoxy groups -OCH3 is 2. The van der Waals surface area contributed by atoms with Crippen molar-refractivity contribution in [2.45, 2.75) is 106 Å². The Bertz CT molecular complexity index is 1140. The maximum Gasteiger partial charge on any atom is 0.308 e. The van der Waals surface area contributed by atoms with Crippen LogP contribution in [-0.2, 0) is 33.4 Å². The standard InChI is InChI=1S/C33H50Cl2N2O10/c1-46-32(43)18-5-8-20(30(39)40)23(14-18)28(37-45)22-7-3-16(12-25(22)34)11-17-4-10-27(26(35)13-17)36-29(38)24-15-19(33(44)47-2)6-9-21(24)31(41)42/h16-28,37,45H,3-15H2,1-2H3,(H,36,38)(H,39,40)(H,41,42). The number of ether oxygens (including phenoxy) is 2. The van der Waals surface area contributed by atoms with E-state index in [9.17, 15) is 39.4 Å². The summed E-state index contributed by atoms with van der Waals surface area (Å²) in [5.41, 5.74) is 2.39. The van der Waals surface area contributed by atoms with Gasteiger partial charge in [0.05, 0.1) is 49.2 Å². The van der Waals surface area contributed by atoms with Gasteiger partial charge in [-0.3, -0.25) is 24.0 Å². The Balaban J connectivity index is 1.30. The van der Waals surface area contributed by atoms with E-state index in [0.29, 0.717) is 63.2 Å². The Labute approximate surface area is 285 Å². The van der Waals surface area contributed by atoms with Crippen molar-refractivity contribution in [2.75, 3.05) is 14.2 Å². The normalized spacial score (nSPS) is 38.4. The second-order valence-corrected chi connectivity index (χ2v) is 15.4. The monoisotopic (exact) mass is 704 g/mol. The third-order valence-corrected chi connectivity index (χ3v) is 12.7. The quantitative estimate of drug-likeness (QED) is 0.118. The summed E-state index contributed by atoms with van der Waals surface area (Å²) in [7, 11) is 2.61. The van der Waals surface area contributed by atoms with Crippen LogP contribution >= 0.6 is 23.2 Å². The van der Waals surface area contributed by atoms with Crippen molar-refractivity contribution >= 4 is 53.0 Å². The Kier molecular flexibility index (Phi) is 13.6. The van der Waals surface area contributed by atoms with Crippen LogP contribution in [0.3, 0.4) is 0 Å². The molecular formula is C33H50Cl2N2O10. The summed E-state index contributed by atoms with van der Waals surface area (Å²) in [6, 6.07) is -0.862. The number of carboxylic acids is 2. The number of aliphatic carboxylic acids is 2. The smallest absolute Gasteiger partial charge is 0.308 e. The SMILES string of the molecule is COC(=O)C1CCC(C(=O)O)C(C(=O)NC2CCC(CC3CCC(C(NO)C4CC(C(=O)OC)CCC4C(=O)O)C(Cl)C3)CC2Cl)C1. The summed E-state index contributed by atoms with van der Waals surface area (Å²) in [5.74, 6) is -6.43. The molecule has 4 aliphatic rings. The van der Waals surface area contributed by atoms with Gasteiger partial charge in [-0.1, -0.05) is 6.42 Å². The minimum atomic E-state index is -1.04. The predicted octanol–water partition coefficient (Wildman–Crippen LogP) is 4.22. The fourth-order valence-electron chi connectivity index (χ4n) is 9.11. The number of nitrogens with one attached hydrogen (secondary N) is 2. The van der Waals surface area contributed by atoms with Crippen molar-refractivity contribution in [1.29, 1.82) is 0 Å². The number of hydrogen-bond acceptors (Lipinski definition) is 9. The van der Waals surface area contributed by atoms with Crippen molar-refractivity contribution < 1.29 is 48.9 Å². The third-order valence-electron chi connectivity index (χ3n) is 11.7. The lowest BCUT2D eigenvalue weighted by atomic mass is 9.65. The second-order valence-electron chi connectivity index (χ2n) is 14.3. The van der Waals surface area contributed by atoms with E-state index < -0.39 is 59.5 Å².